The number of piperidine rings is 1. The zero-order valence-electron chi connectivity index (χ0n) is 16.5. The number of benzene rings is 1. The van der Waals surface area contributed by atoms with Gasteiger partial charge in [0.15, 0.2) is 0 Å². The first kappa shape index (κ1) is 21.0. The van der Waals surface area contributed by atoms with E-state index in [0.29, 0.717) is 0 Å². The molecule has 1 heterocycles. The maximum absolute atomic E-state index is 13.6. The fraction of sp³-hybridized carbons (Fsp3) is 0.667. The number of hydrogen-bond acceptors (Lipinski definition) is 3. The highest BCUT2D eigenvalue weighted by molar-refractivity contribution is 5.89. The van der Waals surface area contributed by atoms with Crippen LogP contribution in [0.3, 0.4) is 0 Å². The van der Waals surface area contributed by atoms with E-state index in [0.717, 1.165) is 62.1 Å². The van der Waals surface area contributed by atoms with Gasteiger partial charge in [-0.2, -0.15) is 0 Å². The van der Waals surface area contributed by atoms with Crippen LogP contribution in [0.4, 0.5) is 0 Å². The molecule has 146 valence electrons. The molecule has 1 aromatic carbocycles. The Hall–Kier alpha value is -1.26. The molecule has 1 amide bonds. The summed E-state index contributed by atoms with van der Waals surface area (Å²) < 4.78 is 5.52. The Morgan fingerprint density at radius 3 is 2.50 bits per heavy atom. The summed E-state index contributed by atoms with van der Waals surface area (Å²) in [6.07, 6.45) is 4.96. The SMILES string of the molecule is COc1cc(C2(C(=O)N3CCC(N)C(C)(C)C3)CCCC2)ccc1C.Cl. The van der Waals surface area contributed by atoms with Crippen molar-refractivity contribution in [2.75, 3.05) is 20.2 Å². The van der Waals surface area contributed by atoms with Gasteiger partial charge in [0.1, 0.15) is 5.75 Å². The van der Waals surface area contributed by atoms with Crippen LogP contribution in [0.2, 0.25) is 0 Å². The summed E-state index contributed by atoms with van der Waals surface area (Å²) in [6, 6.07) is 6.45. The number of aryl methyl sites for hydroxylation is 1. The molecule has 3 rings (SSSR count). The van der Waals surface area contributed by atoms with E-state index in [9.17, 15) is 4.79 Å². The minimum Gasteiger partial charge on any atom is -0.496 e. The lowest BCUT2D eigenvalue weighted by molar-refractivity contribution is -0.141. The predicted molar refractivity (Wildman–Crippen MR) is 108 cm³/mol. The number of nitrogens with two attached hydrogens (primary N) is 1. The van der Waals surface area contributed by atoms with Gasteiger partial charge in [-0.3, -0.25) is 4.79 Å². The van der Waals surface area contributed by atoms with Crippen LogP contribution in [0, 0.1) is 12.3 Å². The van der Waals surface area contributed by atoms with Gasteiger partial charge < -0.3 is 15.4 Å². The average molecular weight is 381 g/mol. The first-order chi connectivity index (χ1) is 11.8. The highest BCUT2D eigenvalue weighted by Gasteiger charge is 2.47. The Kier molecular flexibility index (Phi) is 6.29. The quantitative estimate of drug-likeness (QED) is 0.867. The van der Waals surface area contributed by atoms with Gasteiger partial charge in [0.05, 0.1) is 12.5 Å². The summed E-state index contributed by atoms with van der Waals surface area (Å²) in [7, 11) is 1.70. The summed E-state index contributed by atoms with van der Waals surface area (Å²) in [5, 5.41) is 0. The first-order valence-electron chi connectivity index (χ1n) is 9.50. The zero-order chi connectivity index (χ0) is 18.2. The Morgan fingerprint density at radius 1 is 1.27 bits per heavy atom. The van der Waals surface area contributed by atoms with Crippen molar-refractivity contribution in [3.8, 4) is 5.75 Å². The molecule has 4 nitrogen and oxygen atoms in total. The molecule has 0 spiro atoms. The van der Waals surface area contributed by atoms with Crippen molar-refractivity contribution in [1.29, 1.82) is 0 Å². The molecule has 2 aliphatic rings. The van der Waals surface area contributed by atoms with E-state index >= 15 is 0 Å². The van der Waals surface area contributed by atoms with Crippen molar-refractivity contribution in [1.82, 2.24) is 4.90 Å². The van der Waals surface area contributed by atoms with Gasteiger partial charge in [0.2, 0.25) is 5.91 Å². The van der Waals surface area contributed by atoms with Crippen LogP contribution in [0.5, 0.6) is 5.75 Å². The molecule has 1 saturated carbocycles. The number of carbonyl (C=O) groups is 1. The van der Waals surface area contributed by atoms with Crippen LogP contribution < -0.4 is 10.5 Å². The molecule has 0 aromatic heterocycles. The smallest absolute Gasteiger partial charge is 0.233 e. The van der Waals surface area contributed by atoms with E-state index in [1.54, 1.807) is 7.11 Å². The first-order valence-corrected chi connectivity index (χ1v) is 9.50. The summed E-state index contributed by atoms with van der Waals surface area (Å²) >= 11 is 0. The van der Waals surface area contributed by atoms with E-state index in [4.69, 9.17) is 10.5 Å². The number of ether oxygens (including phenoxy) is 1. The molecule has 5 heteroatoms. The van der Waals surface area contributed by atoms with Crippen molar-refractivity contribution >= 4 is 18.3 Å². The maximum Gasteiger partial charge on any atom is 0.233 e. The van der Waals surface area contributed by atoms with Crippen LogP contribution >= 0.6 is 12.4 Å². The molecule has 2 fully saturated rings. The number of carbonyl (C=O) groups excluding carboxylic acids is 1. The number of hydrogen-bond donors (Lipinski definition) is 1. The number of rotatable bonds is 3. The lowest BCUT2D eigenvalue weighted by atomic mass is 9.74. The second-order valence-electron chi connectivity index (χ2n) is 8.58. The highest BCUT2D eigenvalue weighted by Crippen LogP contribution is 2.45. The largest absolute Gasteiger partial charge is 0.496 e. The van der Waals surface area contributed by atoms with Crippen LogP contribution in [0.25, 0.3) is 0 Å². The Bertz CT molecular complexity index is 653. The maximum atomic E-state index is 13.6. The monoisotopic (exact) mass is 380 g/mol. The van der Waals surface area contributed by atoms with Gasteiger partial charge in [0.25, 0.3) is 0 Å². The van der Waals surface area contributed by atoms with Crippen LogP contribution in [-0.2, 0) is 10.2 Å². The van der Waals surface area contributed by atoms with Crippen molar-refractivity contribution < 1.29 is 9.53 Å². The van der Waals surface area contributed by atoms with Gasteiger partial charge in [-0.05, 0) is 48.8 Å². The average Bonchev–Trinajstić information content (AvgIpc) is 3.08. The normalized spacial score (nSPS) is 24.0. The van der Waals surface area contributed by atoms with E-state index < -0.39 is 5.41 Å². The van der Waals surface area contributed by atoms with Gasteiger partial charge in [-0.15, -0.1) is 12.4 Å². The van der Waals surface area contributed by atoms with Crippen LogP contribution in [0.15, 0.2) is 18.2 Å². The molecule has 0 bridgehead atoms. The van der Waals surface area contributed by atoms with Crippen molar-refractivity contribution in [3.63, 3.8) is 0 Å². The number of nitrogens with zero attached hydrogens (tertiary/aromatic N) is 1. The topological polar surface area (TPSA) is 55.6 Å². The number of likely N-dealkylation sites (tertiary alicyclic amines) is 1. The molecule has 26 heavy (non-hydrogen) atoms. The highest BCUT2D eigenvalue weighted by atomic mass is 35.5. The summed E-state index contributed by atoms with van der Waals surface area (Å²) in [4.78, 5) is 15.7. The van der Waals surface area contributed by atoms with E-state index in [-0.39, 0.29) is 29.8 Å². The fourth-order valence-electron chi connectivity index (χ4n) is 4.57. The molecule has 1 unspecified atom stereocenters. The Labute approximate surface area is 163 Å². The molecule has 1 aliphatic heterocycles. The third kappa shape index (κ3) is 3.59. The van der Waals surface area contributed by atoms with Crippen molar-refractivity contribution in [2.45, 2.75) is 64.3 Å². The summed E-state index contributed by atoms with van der Waals surface area (Å²) in [5.74, 6) is 1.16. The van der Waals surface area contributed by atoms with Gasteiger partial charge in [0, 0.05) is 19.1 Å². The second-order valence-corrected chi connectivity index (χ2v) is 8.58. The molecule has 1 saturated heterocycles. The predicted octanol–water partition coefficient (Wildman–Crippen LogP) is 3.82. The number of methoxy groups -OCH3 is 1. The molecular formula is C21H33ClN2O2. The summed E-state index contributed by atoms with van der Waals surface area (Å²) in [5.41, 5.74) is 8.08. The van der Waals surface area contributed by atoms with E-state index in [1.165, 1.54) is 0 Å². The van der Waals surface area contributed by atoms with Crippen LogP contribution in [-0.4, -0.2) is 37.0 Å². The molecule has 1 atom stereocenters. The van der Waals surface area contributed by atoms with Gasteiger partial charge in [-0.1, -0.05) is 38.8 Å². The Balaban J connectivity index is 0.00000243. The fourth-order valence-corrected chi connectivity index (χ4v) is 4.57. The molecule has 0 radical (unpaired) electrons. The summed E-state index contributed by atoms with van der Waals surface area (Å²) in [6.45, 7) is 7.91. The molecule has 2 N–H and O–H groups in total. The third-order valence-corrected chi connectivity index (χ3v) is 6.43. The molecular weight excluding hydrogens is 348 g/mol. The lowest BCUT2D eigenvalue weighted by Gasteiger charge is -2.45. The third-order valence-electron chi connectivity index (χ3n) is 6.43. The van der Waals surface area contributed by atoms with Gasteiger partial charge in [-0.25, -0.2) is 0 Å². The molecule has 1 aromatic rings. The number of amides is 1. The standard InChI is InChI=1S/C21H32N2O2.ClH/c1-15-7-8-16(13-17(15)25-4)21(10-5-6-11-21)19(24)23-12-9-18(22)20(2,3)14-23;/h7-8,13,18H,5-6,9-12,14,22H2,1-4H3;1H. The number of halogens is 1. The van der Waals surface area contributed by atoms with Crippen LogP contribution in [0.1, 0.15) is 57.1 Å². The van der Waals surface area contributed by atoms with Gasteiger partial charge >= 0.3 is 0 Å². The Morgan fingerprint density at radius 2 is 1.92 bits per heavy atom. The lowest BCUT2D eigenvalue weighted by Crippen LogP contribution is -2.57. The minimum atomic E-state index is -0.390. The molecule has 1 aliphatic carbocycles. The minimum absolute atomic E-state index is 0. The van der Waals surface area contributed by atoms with E-state index in [1.807, 2.05) is 6.92 Å². The van der Waals surface area contributed by atoms with E-state index in [2.05, 4.69) is 36.9 Å². The van der Waals surface area contributed by atoms with Crippen molar-refractivity contribution in [3.05, 3.63) is 29.3 Å². The van der Waals surface area contributed by atoms with Crippen molar-refractivity contribution in [2.24, 2.45) is 11.1 Å². The zero-order valence-corrected chi connectivity index (χ0v) is 17.3. The second kappa shape index (κ2) is 7.77.